The van der Waals surface area contributed by atoms with E-state index >= 15 is 0 Å². The summed E-state index contributed by atoms with van der Waals surface area (Å²) in [5.41, 5.74) is 5.56. The molecular weight excluding hydrogens is 214 g/mol. The monoisotopic (exact) mass is 239 g/mol. The Morgan fingerprint density at radius 2 is 2.12 bits per heavy atom. The van der Waals surface area contributed by atoms with Crippen LogP contribution in [0.1, 0.15) is 46.0 Å². The van der Waals surface area contributed by atoms with Gasteiger partial charge in [0.25, 0.3) is 0 Å². The first-order chi connectivity index (χ1) is 8.11. The lowest BCUT2D eigenvalue weighted by atomic mass is 9.88. The highest BCUT2D eigenvalue weighted by atomic mass is 16.1. The van der Waals surface area contributed by atoms with E-state index in [1.165, 1.54) is 0 Å². The first-order valence-electron chi connectivity index (χ1n) is 6.45. The van der Waals surface area contributed by atoms with Crippen LogP contribution < -0.4 is 11.1 Å². The molecule has 0 radical (unpaired) electrons. The Morgan fingerprint density at radius 3 is 2.65 bits per heavy atom. The number of amides is 1. The van der Waals surface area contributed by atoms with Crippen LogP contribution in [0.4, 0.5) is 0 Å². The minimum absolute atomic E-state index is 0.0885. The predicted molar refractivity (Wildman–Crippen MR) is 69.1 cm³/mol. The van der Waals surface area contributed by atoms with Crippen LogP contribution in [0.15, 0.2) is 0 Å². The van der Waals surface area contributed by atoms with Gasteiger partial charge >= 0.3 is 0 Å². The average molecular weight is 239 g/mol. The Hall–Kier alpha value is -1.08. The quantitative estimate of drug-likeness (QED) is 0.602. The third-order valence-corrected chi connectivity index (χ3v) is 3.01. The number of hydrogen-bond donors (Lipinski definition) is 2. The number of carbonyl (C=O) groups excluding carboxylic acids is 1. The van der Waals surface area contributed by atoms with E-state index in [2.05, 4.69) is 25.2 Å². The first-order valence-corrected chi connectivity index (χ1v) is 6.45. The van der Waals surface area contributed by atoms with Gasteiger partial charge in [-0.2, -0.15) is 5.26 Å². The van der Waals surface area contributed by atoms with Gasteiger partial charge in [-0.1, -0.05) is 13.8 Å². The molecule has 4 heteroatoms. The lowest BCUT2D eigenvalue weighted by molar-refractivity contribution is -0.121. The van der Waals surface area contributed by atoms with E-state index < -0.39 is 0 Å². The largest absolute Gasteiger partial charge is 0.356 e. The number of nitrogens with two attached hydrogens (primary N) is 1. The summed E-state index contributed by atoms with van der Waals surface area (Å²) in [5, 5.41) is 11.2. The number of nitrogens with zero attached hydrogens (tertiary/aromatic N) is 1. The highest BCUT2D eigenvalue weighted by Gasteiger charge is 2.14. The van der Waals surface area contributed by atoms with Crippen LogP contribution in [0.25, 0.3) is 0 Å². The molecule has 1 unspecified atom stereocenters. The maximum Gasteiger partial charge on any atom is 0.220 e. The molecule has 1 atom stereocenters. The van der Waals surface area contributed by atoms with Gasteiger partial charge in [0.15, 0.2) is 0 Å². The van der Waals surface area contributed by atoms with Crippen molar-refractivity contribution in [2.24, 2.45) is 17.6 Å². The molecule has 0 aromatic carbocycles. The van der Waals surface area contributed by atoms with Crippen molar-refractivity contribution in [1.82, 2.24) is 5.32 Å². The standard InChI is InChI=1S/C13H25N3O/c1-11(2)12(7-9-15)5-6-13(17)16-10-4-3-8-14/h11-12H,3-7,9-10,15H2,1-2H3,(H,16,17). The summed E-state index contributed by atoms with van der Waals surface area (Å²) in [5.74, 6) is 1.19. The van der Waals surface area contributed by atoms with Crippen molar-refractivity contribution in [3.8, 4) is 6.07 Å². The molecule has 4 nitrogen and oxygen atoms in total. The van der Waals surface area contributed by atoms with Crippen LogP contribution in [-0.4, -0.2) is 19.0 Å². The van der Waals surface area contributed by atoms with Gasteiger partial charge in [0.05, 0.1) is 6.07 Å². The average Bonchev–Trinajstić information content (AvgIpc) is 2.29. The van der Waals surface area contributed by atoms with Crippen LogP contribution in [0, 0.1) is 23.2 Å². The molecule has 0 heterocycles. The van der Waals surface area contributed by atoms with E-state index in [0.717, 1.165) is 19.3 Å². The van der Waals surface area contributed by atoms with Gasteiger partial charge in [-0.15, -0.1) is 0 Å². The third kappa shape index (κ3) is 8.70. The molecule has 0 saturated carbocycles. The summed E-state index contributed by atoms with van der Waals surface area (Å²) >= 11 is 0. The summed E-state index contributed by atoms with van der Waals surface area (Å²) < 4.78 is 0. The second-order valence-corrected chi connectivity index (χ2v) is 4.73. The van der Waals surface area contributed by atoms with E-state index in [-0.39, 0.29) is 5.91 Å². The summed E-state index contributed by atoms with van der Waals surface area (Å²) in [6.45, 7) is 5.64. The zero-order valence-electron chi connectivity index (χ0n) is 11.0. The maximum atomic E-state index is 11.5. The number of nitrogens with one attached hydrogen (secondary N) is 1. The minimum atomic E-state index is 0.0885. The smallest absolute Gasteiger partial charge is 0.220 e. The number of unbranched alkanes of at least 4 members (excludes halogenated alkanes) is 1. The van der Waals surface area contributed by atoms with Crippen LogP contribution in [0.2, 0.25) is 0 Å². The molecule has 0 aromatic rings. The topological polar surface area (TPSA) is 78.9 Å². The first kappa shape index (κ1) is 15.9. The van der Waals surface area contributed by atoms with Crippen molar-refractivity contribution >= 4 is 5.91 Å². The van der Waals surface area contributed by atoms with Crippen molar-refractivity contribution < 1.29 is 4.79 Å². The zero-order valence-corrected chi connectivity index (χ0v) is 11.0. The second kappa shape index (κ2) is 10.1. The molecule has 0 bridgehead atoms. The zero-order chi connectivity index (χ0) is 13.1. The van der Waals surface area contributed by atoms with E-state index in [1.54, 1.807) is 0 Å². The predicted octanol–water partition coefficient (Wildman–Crippen LogP) is 1.81. The van der Waals surface area contributed by atoms with E-state index in [9.17, 15) is 4.79 Å². The molecule has 0 saturated heterocycles. The molecule has 0 aliphatic carbocycles. The van der Waals surface area contributed by atoms with Crippen LogP contribution >= 0.6 is 0 Å². The van der Waals surface area contributed by atoms with Gasteiger partial charge in [-0.05, 0) is 37.6 Å². The molecule has 3 N–H and O–H groups in total. The normalized spacial score (nSPS) is 12.2. The molecule has 0 fully saturated rings. The molecule has 0 aliphatic rings. The van der Waals surface area contributed by atoms with E-state index in [4.69, 9.17) is 11.0 Å². The fourth-order valence-corrected chi connectivity index (χ4v) is 1.83. The highest BCUT2D eigenvalue weighted by Crippen LogP contribution is 2.20. The summed E-state index contributed by atoms with van der Waals surface area (Å²) in [6.07, 6.45) is 3.69. The fourth-order valence-electron chi connectivity index (χ4n) is 1.83. The maximum absolute atomic E-state index is 11.5. The molecular formula is C13H25N3O. The van der Waals surface area contributed by atoms with Crippen LogP contribution in [0.5, 0.6) is 0 Å². The Labute approximate surface area is 105 Å². The van der Waals surface area contributed by atoms with Crippen molar-refractivity contribution in [2.75, 3.05) is 13.1 Å². The Bertz CT molecular complexity index is 246. The summed E-state index contributed by atoms with van der Waals surface area (Å²) in [4.78, 5) is 11.5. The number of rotatable bonds is 9. The van der Waals surface area contributed by atoms with Gasteiger partial charge in [-0.25, -0.2) is 0 Å². The molecule has 17 heavy (non-hydrogen) atoms. The van der Waals surface area contributed by atoms with Crippen molar-refractivity contribution in [3.63, 3.8) is 0 Å². The molecule has 0 spiro atoms. The fraction of sp³-hybridized carbons (Fsp3) is 0.846. The number of nitriles is 1. The second-order valence-electron chi connectivity index (χ2n) is 4.73. The van der Waals surface area contributed by atoms with Crippen LogP contribution in [0.3, 0.4) is 0 Å². The molecule has 0 aromatic heterocycles. The van der Waals surface area contributed by atoms with Crippen LogP contribution in [-0.2, 0) is 4.79 Å². The number of hydrogen-bond acceptors (Lipinski definition) is 3. The van der Waals surface area contributed by atoms with Gasteiger partial charge in [0.1, 0.15) is 0 Å². The molecule has 1 amide bonds. The minimum Gasteiger partial charge on any atom is -0.356 e. The SMILES string of the molecule is CC(C)C(CCN)CCC(=O)NCCCC#N. The van der Waals surface area contributed by atoms with Crippen molar-refractivity contribution in [3.05, 3.63) is 0 Å². The Morgan fingerprint density at radius 1 is 1.41 bits per heavy atom. The Kier molecular flexibility index (Phi) is 9.46. The van der Waals surface area contributed by atoms with Gasteiger partial charge in [0, 0.05) is 19.4 Å². The summed E-state index contributed by atoms with van der Waals surface area (Å²) in [6, 6.07) is 2.06. The van der Waals surface area contributed by atoms with E-state index in [1.807, 2.05) is 0 Å². The van der Waals surface area contributed by atoms with E-state index in [0.29, 0.717) is 37.8 Å². The highest BCUT2D eigenvalue weighted by molar-refractivity contribution is 5.75. The van der Waals surface area contributed by atoms with Crippen molar-refractivity contribution in [2.45, 2.75) is 46.0 Å². The number of carbonyl (C=O) groups is 1. The van der Waals surface area contributed by atoms with Crippen molar-refractivity contribution in [1.29, 1.82) is 5.26 Å². The molecule has 0 rings (SSSR count). The van der Waals surface area contributed by atoms with Gasteiger partial charge in [0.2, 0.25) is 5.91 Å². The van der Waals surface area contributed by atoms with Gasteiger partial charge in [-0.3, -0.25) is 4.79 Å². The lowest BCUT2D eigenvalue weighted by Crippen LogP contribution is -2.25. The molecule has 98 valence electrons. The summed E-state index contributed by atoms with van der Waals surface area (Å²) in [7, 11) is 0. The molecule has 0 aliphatic heterocycles. The van der Waals surface area contributed by atoms with Gasteiger partial charge < -0.3 is 11.1 Å². The third-order valence-electron chi connectivity index (χ3n) is 3.01. The Balaban J connectivity index is 3.69. The lowest BCUT2D eigenvalue weighted by Gasteiger charge is -2.19.